The van der Waals surface area contributed by atoms with Gasteiger partial charge in [0.1, 0.15) is 5.25 Å². The third-order valence-electron chi connectivity index (χ3n) is 2.49. The van der Waals surface area contributed by atoms with Crippen molar-refractivity contribution in [1.29, 1.82) is 0 Å². The summed E-state index contributed by atoms with van der Waals surface area (Å²) in [5, 5.41) is 12.1. The highest BCUT2D eigenvalue weighted by Crippen LogP contribution is 2.13. The Morgan fingerprint density at radius 1 is 1.20 bits per heavy atom. The second kappa shape index (κ2) is 6.80. The van der Waals surface area contributed by atoms with Crippen molar-refractivity contribution in [3.63, 3.8) is 0 Å². The third kappa shape index (κ3) is 3.89. The fraction of sp³-hybridized carbons (Fsp3) is 0.250. The van der Waals surface area contributed by atoms with Gasteiger partial charge in [0.05, 0.1) is 16.4 Å². The number of hydrogen-bond donors (Lipinski definition) is 3. The number of amides is 3. The van der Waals surface area contributed by atoms with E-state index in [0.717, 1.165) is 0 Å². The number of carboxylic acids is 1. The number of rotatable bonds is 4. The molecule has 2 unspecified atom stereocenters. The van der Waals surface area contributed by atoms with Gasteiger partial charge < -0.3 is 10.4 Å². The van der Waals surface area contributed by atoms with E-state index >= 15 is 0 Å². The quantitative estimate of drug-likeness (QED) is 0.742. The standard InChI is InChI=1S/C12H14N2O5S/c1-7(10(15)14-12(18)13-2)20(19)9-5-3-8(4-6-9)11(16)17/h3-7H,1-2H3,(H,16,17)(H2,13,14,15,18). The van der Waals surface area contributed by atoms with Crippen LogP contribution in [0, 0.1) is 0 Å². The summed E-state index contributed by atoms with van der Waals surface area (Å²) >= 11 is 0. The summed E-state index contributed by atoms with van der Waals surface area (Å²) in [5.74, 6) is -1.77. The molecule has 0 aliphatic carbocycles. The molecule has 1 rings (SSSR count). The van der Waals surface area contributed by atoms with Crippen molar-refractivity contribution < 1.29 is 23.7 Å². The van der Waals surface area contributed by atoms with E-state index in [9.17, 15) is 18.6 Å². The van der Waals surface area contributed by atoms with Gasteiger partial charge in [0.15, 0.2) is 0 Å². The van der Waals surface area contributed by atoms with Gasteiger partial charge in [-0.25, -0.2) is 9.59 Å². The fourth-order valence-corrected chi connectivity index (χ4v) is 2.37. The Bertz CT molecular complexity index is 555. The summed E-state index contributed by atoms with van der Waals surface area (Å²) in [4.78, 5) is 33.6. The maximum Gasteiger partial charge on any atom is 0.335 e. The first kappa shape index (κ1) is 15.8. The van der Waals surface area contributed by atoms with E-state index in [1.165, 1.54) is 38.2 Å². The van der Waals surface area contributed by atoms with Gasteiger partial charge in [0.2, 0.25) is 5.91 Å². The fourth-order valence-electron chi connectivity index (χ4n) is 1.31. The second-order valence-electron chi connectivity index (χ2n) is 3.84. The number of aromatic carboxylic acids is 1. The molecule has 0 radical (unpaired) electrons. The first-order valence-electron chi connectivity index (χ1n) is 5.63. The Labute approximate surface area is 117 Å². The molecule has 3 amide bonds. The van der Waals surface area contributed by atoms with E-state index < -0.39 is 34.0 Å². The van der Waals surface area contributed by atoms with Crippen LogP contribution in [0.2, 0.25) is 0 Å². The van der Waals surface area contributed by atoms with Crippen molar-refractivity contribution in [2.45, 2.75) is 17.1 Å². The Morgan fingerprint density at radius 3 is 2.20 bits per heavy atom. The summed E-state index contributed by atoms with van der Waals surface area (Å²) in [5.41, 5.74) is 0.0632. The number of carboxylic acid groups (broad SMARTS) is 1. The number of carbonyl (C=O) groups is 3. The van der Waals surface area contributed by atoms with E-state index in [-0.39, 0.29) is 5.56 Å². The Kier molecular flexibility index (Phi) is 5.39. The minimum absolute atomic E-state index is 0.0632. The van der Waals surface area contributed by atoms with Crippen LogP contribution in [0.4, 0.5) is 4.79 Å². The molecule has 0 saturated heterocycles. The second-order valence-corrected chi connectivity index (χ2v) is 5.61. The van der Waals surface area contributed by atoms with Crippen LogP contribution < -0.4 is 10.6 Å². The molecule has 8 heteroatoms. The predicted octanol–water partition coefficient (Wildman–Crippen LogP) is 0.336. The molecular formula is C12H14N2O5S. The van der Waals surface area contributed by atoms with E-state index in [1.54, 1.807) is 0 Å². The van der Waals surface area contributed by atoms with Crippen molar-refractivity contribution in [3.8, 4) is 0 Å². The van der Waals surface area contributed by atoms with Crippen LogP contribution in [-0.4, -0.2) is 39.5 Å². The van der Waals surface area contributed by atoms with Crippen LogP contribution >= 0.6 is 0 Å². The zero-order valence-electron chi connectivity index (χ0n) is 10.9. The van der Waals surface area contributed by atoms with Crippen molar-refractivity contribution in [1.82, 2.24) is 10.6 Å². The summed E-state index contributed by atoms with van der Waals surface area (Å²) in [6.07, 6.45) is 0. The average Bonchev–Trinajstić information content (AvgIpc) is 2.45. The van der Waals surface area contributed by atoms with Crippen molar-refractivity contribution in [2.24, 2.45) is 0 Å². The molecule has 3 N–H and O–H groups in total. The molecule has 0 aliphatic heterocycles. The van der Waals surface area contributed by atoms with Crippen molar-refractivity contribution in [2.75, 3.05) is 7.05 Å². The third-order valence-corrected chi connectivity index (χ3v) is 4.08. The van der Waals surface area contributed by atoms with Crippen LogP contribution in [-0.2, 0) is 15.6 Å². The highest BCUT2D eigenvalue weighted by Gasteiger charge is 2.23. The van der Waals surface area contributed by atoms with E-state index in [4.69, 9.17) is 5.11 Å². The first-order chi connectivity index (χ1) is 9.36. The summed E-state index contributed by atoms with van der Waals surface area (Å²) < 4.78 is 12.1. The van der Waals surface area contributed by atoms with Gasteiger partial charge >= 0.3 is 12.0 Å². The maximum absolute atomic E-state index is 12.1. The smallest absolute Gasteiger partial charge is 0.335 e. The Morgan fingerprint density at radius 2 is 1.75 bits per heavy atom. The normalized spacial score (nSPS) is 13.1. The van der Waals surface area contributed by atoms with Crippen LogP contribution in [0.5, 0.6) is 0 Å². The first-order valence-corrected chi connectivity index (χ1v) is 6.84. The molecule has 0 heterocycles. The van der Waals surface area contributed by atoms with Gasteiger partial charge in [-0.2, -0.15) is 0 Å². The van der Waals surface area contributed by atoms with Gasteiger partial charge in [-0.1, -0.05) is 0 Å². The number of hydrogen-bond acceptors (Lipinski definition) is 4. The van der Waals surface area contributed by atoms with E-state index in [0.29, 0.717) is 4.90 Å². The molecule has 0 aromatic heterocycles. The lowest BCUT2D eigenvalue weighted by Crippen LogP contribution is -2.43. The molecular weight excluding hydrogens is 284 g/mol. The molecule has 0 saturated carbocycles. The summed E-state index contributed by atoms with van der Waals surface area (Å²) in [6, 6.07) is 4.68. The average molecular weight is 298 g/mol. The Balaban J connectivity index is 2.81. The van der Waals surface area contributed by atoms with Gasteiger partial charge in [-0.15, -0.1) is 0 Å². The molecule has 0 spiro atoms. The van der Waals surface area contributed by atoms with Crippen molar-refractivity contribution in [3.05, 3.63) is 29.8 Å². The van der Waals surface area contributed by atoms with Crippen LogP contribution in [0.25, 0.3) is 0 Å². The maximum atomic E-state index is 12.1. The van der Waals surface area contributed by atoms with Gasteiger partial charge in [0.25, 0.3) is 0 Å². The molecule has 0 bridgehead atoms. The molecule has 0 aliphatic rings. The number of imide groups is 1. The lowest BCUT2D eigenvalue weighted by atomic mass is 10.2. The minimum Gasteiger partial charge on any atom is -0.478 e. The molecule has 7 nitrogen and oxygen atoms in total. The lowest BCUT2D eigenvalue weighted by Gasteiger charge is -2.11. The van der Waals surface area contributed by atoms with Gasteiger partial charge in [0, 0.05) is 11.9 Å². The Hall–Kier alpha value is -2.22. The lowest BCUT2D eigenvalue weighted by molar-refractivity contribution is -0.119. The van der Waals surface area contributed by atoms with Gasteiger partial charge in [-0.05, 0) is 31.2 Å². The SMILES string of the molecule is CNC(=O)NC(=O)C(C)S(=O)c1ccc(C(=O)O)cc1. The van der Waals surface area contributed by atoms with Crippen LogP contribution in [0.3, 0.4) is 0 Å². The number of urea groups is 1. The number of carbonyl (C=O) groups excluding carboxylic acids is 2. The topological polar surface area (TPSA) is 113 Å². The van der Waals surface area contributed by atoms with E-state index in [2.05, 4.69) is 5.32 Å². The molecule has 1 aromatic carbocycles. The highest BCUT2D eigenvalue weighted by atomic mass is 32.2. The zero-order chi connectivity index (χ0) is 15.3. The molecule has 2 atom stereocenters. The summed E-state index contributed by atoms with van der Waals surface area (Å²) in [7, 11) is -0.327. The molecule has 20 heavy (non-hydrogen) atoms. The van der Waals surface area contributed by atoms with Gasteiger partial charge in [-0.3, -0.25) is 14.3 Å². The molecule has 108 valence electrons. The molecule has 0 fully saturated rings. The zero-order valence-corrected chi connectivity index (χ0v) is 11.7. The largest absolute Gasteiger partial charge is 0.478 e. The van der Waals surface area contributed by atoms with Crippen LogP contribution in [0.1, 0.15) is 17.3 Å². The van der Waals surface area contributed by atoms with Crippen LogP contribution in [0.15, 0.2) is 29.2 Å². The monoisotopic (exact) mass is 298 g/mol. The summed E-state index contributed by atoms with van der Waals surface area (Å²) in [6.45, 7) is 1.42. The minimum atomic E-state index is -1.68. The van der Waals surface area contributed by atoms with Crippen molar-refractivity contribution >= 4 is 28.7 Å². The highest BCUT2D eigenvalue weighted by molar-refractivity contribution is 7.86. The number of benzene rings is 1. The predicted molar refractivity (Wildman–Crippen MR) is 71.9 cm³/mol. The number of nitrogens with one attached hydrogen (secondary N) is 2. The molecule has 1 aromatic rings. The van der Waals surface area contributed by atoms with E-state index in [1.807, 2.05) is 5.32 Å².